The molecule has 0 unspecified atom stereocenters. The molecular formula is C23H27N5O2S. The molecule has 3 N–H and O–H groups in total. The van der Waals surface area contributed by atoms with Gasteiger partial charge in [-0.1, -0.05) is 6.07 Å². The van der Waals surface area contributed by atoms with Gasteiger partial charge < -0.3 is 20.5 Å². The minimum atomic E-state index is -0.726. The van der Waals surface area contributed by atoms with E-state index in [0.29, 0.717) is 11.8 Å². The van der Waals surface area contributed by atoms with Gasteiger partial charge in [0.2, 0.25) is 11.8 Å². The van der Waals surface area contributed by atoms with Crippen LogP contribution in [0.5, 0.6) is 5.88 Å². The number of nitrogens with one attached hydrogen (secondary N) is 2. The number of anilines is 2. The molecule has 31 heavy (non-hydrogen) atoms. The van der Waals surface area contributed by atoms with E-state index in [9.17, 15) is 5.11 Å². The van der Waals surface area contributed by atoms with Crippen LogP contribution in [0.3, 0.4) is 0 Å². The zero-order chi connectivity index (χ0) is 21.3. The molecule has 0 radical (unpaired) electrons. The number of benzene rings is 1. The van der Waals surface area contributed by atoms with Gasteiger partial charge in [0.15, 0.2) is 0 Å². The van der Waals surface area contributed by atoms with Crippen molar-refractivity contribution in [2.45, 2.75) is 50.7 Å². The lowest BCUT2D eigenvalue weighted by molar-refractivity contribution is -0.0389. The van der Waals surface area contributed by atoms with Crippen LogP contribution in [0.15, 0.2) is 36.7 Å². The fourth-order valence-corrected chi connectivity index (χ4v) is 5.08. The normalized spacial score (nSPS) is 18.4. The van der Waals surface area contributed by atoms with Crippen molar-refractivity contribution in [1.82, 2.24) is 20.3 Å². The van der Waals surface area contributed by atoms with Crippen LogP contribution >= 0.6 is 11.3 Å². The van der Waals surface area contributed by atoms with E-state index < -0.39 is 5.60 Å². The predicted molar refractivity (Wildman–Crippen MR) is 122 cm³/mol. The largest absolute Gasteiger partial charge is 0.474 e. The Labute approximate surface area is 185 Å². The van der Waals surface area contributed by atoms with Crippen molar-refractivity contribution in [2.24, 2.45) is 0 Å². The van der Waals surface area contributed by atoms with Crippen molar-refractivity contribution in [1.29, 1.82) is 0 Å². The van der Waals surface area contributed by atoms with E-state index in [4.69, 9.17) is 4.74 Å². The molecule has 3 heterocycles. The predicted octanol–water partition coefficient (Wildman–Crippen LogP) is 4.15. The second-order valence-corrected chi connectivity index (χ2v) is 9.44. The summed E-state index contributed by atoms with van der Waals surface area (Å²) in [5.41, 5.74) is 2.37. The van der Waals surface area contributed by atoms with Crippen LogP contribution < -0.4 is 15.4 Å². The van der Waals surface area contributed by atoms with E-state index >= 15 is 0 Å². The summed E-state index contributed by atoms with van der Waals surface area (Å²) in [5.74, 6) is 1.11. The second-order valence-electron chi connectivity index (χ2n) is 8.41. The van der Waals surface area contributed by atoms with Crippen LogP contribution in [-0.2, 0) is 5.60 Å². The van der Waals surface area contributed by atoms with Crippen LogP contribution in [0, 0.1) is 6.92 Å². The maximum Gasteiger partial charge on any atom is 0.230 e. The Kier molecular flexibility index (Phi) is 5.60. The Morgan fingerprint density at radius 3 is 2.81 bits per heavy atom. The molecule has 1 saturated heterocycles. The Hall–Kier alpha value is -2.55. The molecule has 1 aliphatic carbocycles. The zero-order valence-electron chi connectivity index (χ0n) is 17.6. The first-order valence-electron chi connectivity index (χ1n) is 10.9. The third kappa shape index (κ3) is 4.56. The van der Waals surface area contributed by atoms with Crippen molar-refractivity contribution in [3.8, 4) is 16.3 Å². The molecule has 1 aliphatic heterocycles. The maximum atomic E-state index is 10.6. The third-order valence-electron chi connectivity index (χ3n) is 5.91. The highest BCUT2D eigenvalue weighted by molar-refractivity contribution is 7.15. The topological polar surface area (TPSA) is 92.2 Å². The van der Waals surface area contributed by atoms with E-state index in [-0.39, 0.29) is 6.10 Å². The summed E-state index contributed by atoms with van der Waals surface area (Å²) in [6.07, 6.45) is 8.41. The summed E-state index contributed by atoms with van der Waals surface area (Å²) < 4.78 is 6.04. The average Bonchev–Trinajstić information content (AvgIpc) is 3.23. The number of piperidine rings is 1. The molecule has 5 rings (SSSR count). The SMILES string of the molecule is Cc1cc(Nc2nccc(OC3CCNCC3)n2)cc(-c2cnc(C3(O)CCC3)s2)c1. The number of rotatable bonds is 6. The fraction of sp³-hybridized carbons (Fsp3) is 0.435. The summed E-state index contributed by atoms with van der Waals surface area (Å²) in [5, 5.41) is 18.1. The summed E-state index contributed by atoms with van der Waals surface area (Å²) in [6.45, 7) is 4.01. The van der Waals surface area contributed by atoms with Crippen LogP contribution in [-0.4, -0.2) is 39.3 Å². The van der Waals surface area contributed by atoms with E-state index in [0.717, 1.165) is 71.9 Å². The first kappa shape index (κ1) is 20.4. The van der Waals surface area contributed by atoms with Gasteiger partial charge in [0.05, 0.1) is 4.88 Å². The van der Waals surface area contributed by atoms with Gasteiger partial charge in [-0.05, 0) is 75.4 Å². The quantitative estimate of drug-likeness (QED) is 0.533. The van der Waals surface area contributed by atoms with Crippen LogP contribution in [0.25, 0.3) is 10.4 Å². The number of aromatic nitrogens is 3. The van der Waals surface area contributed by atoms with Gasteiger partial charge in [0.1, 0.15) is 16.7 Å². The van der Waals surface area contributed by atoms with E-state index in [1.54, 1.807) is 23.6 Å². The molecule has 2 fully saturated rings. The number of aryl methyl sites for hydroxylation is 1. The third-order valence-corrected chi connectivity index (χ3v) is 7.15. The van der Waals surface area contributed by atoms with Crippen LogP contribution in [0.1, 0.15) is 42.7 Å². The summed E-state index contributed by atoms with van der Waals surface area (Å²) in [6, 6.07) is 8.07. The van der Waals surface area contributed by atoms with Crippen molar-refractivity contribution in [2.75, 3.05) is 18.4 Å². The van der Waals surface area contributed by atoms with E-state index in [1.807, 2.05) is 6.20 Å². The minimum Gasteiger partial charge on any atom is -0.474 e. The van der Waals surface area contributed by atoms with Crippen molar-refractivity contribution >= 4 is 23.0 Å². The highest BCUT2D eigenvalue weighted by Gasteiger charge is 2.39. The molecule has 2 aliphatic rings. The molecule has 1 saturated carbocycles. The van der Waals surface area contributed by atoms with Crippen molar-refractivity contribution in [3.05, 3.63) is 47.2 Å². The number of ether oxygens (including phenoxy) is 1. The number of hydrogen-bond donors (Lipinski definition) is 3. The molecule has 0 atom stereocenters. The van der Waals surface area contributed by atoms with Crippen LogP contribution in [0.2, 0.25) is 0 Å². The highest BCUT2D eigenvalue weighted by atomic mass is 32.1. The first-order valence-corrected chi connectivity index (χ1v) is 11.7. The lowest BCUT2D eigenvalue weighted by atomic mass is 9.81. The smallest absolute Gasteiger partial charge is 0.230 e. The minimum absolute atomic E-state index is 0.195. The summed E-state index contributed by atoms with van der Waals surface area (Å²) >= 11 is 1.57. The molecule has 8 heteroatoms. The number of thiazole rings is 1. The van der Waals surface area contributed by atoms with E-state index in [2.05, 4.69) is 50.7 Å². The second kappa shape index (κ2) is 8.53. The standard InChI is InChI=1S/C23H27N5O2S/c1-15-11-16(19-14-26-21(31-19)23(29)6-2-7-23)13-17(12-15)27-22-25-10-5-20(28-22)30-18-3-8-24-9-4-18/h5,10-14,18,24,29H,2-4,6-9H2,1H3,(H,25,27,28). The Morgan fingerprint density at radius 2 is 2.03 bits per heavy atom. The van der Waals surface area contributed by atoms with Crippen molar-refractivity contribution in [3.63, 3.8) is 0 Å². The maximum absolute atomic E-state index is 10.6. The van der Waals surface area contributed by atoms with Gasteiger partial charge in [-0.15, -0.1) is 11.3 Å². The Balaban J connectivity index is 1.33. The highest BCUT2D eigenvalue weighted by Crippen LogP contribution is 2.44. The molecular weight excluding hydrogens is 410 g/mol. The van der Waals surface area contributed by atoms with Gasteiger partial charge in [-0.25, -0.2) is 9.97 Å². The first-order chi connectivity index (χ1) is 15.1. The van der Waals surface area contributed by atoms with Crippen LogP contribution in [0.4, 0.5) is 11.6 Å². The molecule has 7 nitrogen and oxygen atoms in total. The number of hydrogen-bond acceptors (Lipinski definition) is 8. The van der Waals surface area contributed by atoms with Crippen molar-refractivity contribution < 1.29 is 9.84 Å². The lowest BCUT2D eigenvalue weighted by Gasteiger charge is -2.34. The number of nitrogens with zero attached hydrogens (tertiary/aromatic N) is 3. The van der Waals surface area contributed by atoms with E-state index in [1.165, 1.54) is 0 Å². The zero-order valence-corrected chi connectivity index (χ0v) is 18.4. The lowest BCUT2D eigenvalue weighted by Crippen LogP contribution is -2.34. The fourth-order valence-electron chi connectivity index (χ4n) is 4.03. The van der Waals surface area contributed by atoms with Gasteiger partial charge in [-0.3, -0.25) is 0 Å². The average molecular weight is 438 g/mol. The van der Waals surface area contributed by atoms with Gasteiger partial charge in [0.25, 0.3) is 0 Å². The Bertz CT molecular complexity index is 1060. The summed E-state index contributed by atoms with van der Waals surface area (Å²) in [7, 11) is 0. The molecule has 3 aromatic rings. The molecule has 0 spiro atoms. The summed E-state index contributed by atoms with van der Waals surface area (Å²) in [4.78, 5) is 14.4. The Morgan fingerprint density at radius 1 is 1.19 bits per heavy atom. The van der Waals surface area contributed by atoms with Gasteiger partial charge in [-0.2, -0.15) is 4.98 Å². The molecule has 1 aromatic carbocycles. The molecule has 162 valence electrons. The van der Waals surface area contributed by atoms with Gasteiger partial charge in [0, 0.05) is 24.1 Å². The molecule has 0 amide bonds. The number of aliphatic hydroxyl groups is 1. The monoisotopic (exact) mass is 437 g/mol. The molecule has 2 aromatic heterocycles. The van der Waals surface area contributed by atoms with Gasteiger partial charge >= 0.3 is 0 Å². The molecule has 0 bridgehead atoms.